The van der Waals surface area contributed by atoms with Crippen LogP contribution in [0.3, 0.4) is 0 Å². The highest BCUT2D eigenvalue weighted by Gasteiger charge is 2.32. The van der Waals surface area contributed by atoms with E-state index >= 15 is 0 Å². The summed E-state index contributed by atoms with van der Waals surface area (Å²) in [7, 11) is 0. The van der Waals surface area contributed by atoms with Crippen molar-refractivity contribution >= 4 is 23.8 Å². The maximum atomic E-state index is 12.1. The number of aliphatic carboxylic acids is 1. The number of rotatable bonds is 6. The van der Waals surface area contributed by atoms with E-state index in [1.165, 1.54) is 12.8 Å². The molecule has 2 rings (SSSR count). The fraction of sp³-hybridized carbons (Fsp3) is 0.846. The van der Waals surface area contributed by atoms with Gasteiger partial charge < -0.3 is 15.3 Å². The molecule has 1 aliphatic heterocycles. The summed E-state index contributed by atoms with van der Waals surface area (Å²) >= 11 is 1.59. The van der Waals surface area contributed by atoms with Crippen LogP contribution in [0.4, 0.5) is 4.79 Å². The smallest absolute Gasteiger partial charge is 0.326 e. The number of piperazine rings is 1. The third-order valence-corrected chi connectivity index (χ3v) is 4.52. The summed E-state index contributed by atoms with van der Waals surface area (Å²) in [5.74, 6) is -0.226. The number of carboxylic acid groups (broad SMARTS) is 1. The Labute approximate surface area is 123 Å². The molecule has 20 heavy (non-hydrogen) atoms. The average molecular weight is 301 g/mol. The van der Waals surface area contributed by atoms with Crippen LogP contribution in [0.2, 0.25) is 0 Å². The Hall–Kier alpha value is -0.950. The molecule has 0 radical (unpaired) electrons. The molecule has 1 saturated carbocycles. The zero-order valence-corrected chi connectivity index (χ0v) is 12.7. The minimum Gasteiger partial charge on any atom is -0.480 e. The van der Waals surface area contributed by atoms with E-state index in [1.54, 1.807) is 16.7 Å². The van der Waals surface area contributed by atoms with Crippen LogP contribution >= 0.6 is 11.8 Å². The zero-order valence-electron chi connectivity index (χ0n) is 11.9. The van der Waals surface area contributed by atoms with Gasteiger partial charge in [-0.15, -0.1) is 0 Å². The molecule has 1 saturated heterocycles. The standard InChI is InChI=1S/C13H23N3O3S/c1-20-9-4-11(12(17)18)14-13(19)16-7-5-15(6-8-16)10-2-3-10/h10-11H,2-9H2,1H3,(H,14,19)(H,17,18)/t11-/m0/s1. The fourth-order valence-electron chi connectivity index (χ4n) is 2.46. The summed E-state index contributed by atoms with van der Waals surface area (Å²) in [6.45, 7) is 3.19. The SMILES string of the molecule is CSCC[C@H](NC(=O)N1CCN(C2CC2)CC1)C(=O)O. The van der Waals surface area contributed by atoms with Gasteiger partial charge >= 0.3 is 12.0 Å². The Morgan fingerprint density at radius 2 is 1.95 bits per heavy atom. The molecule has 1 atom stereocenters. The van der Waals surface area contributed by atoms with E-state index in [0.717, 1.165) is 24.9 Å². The predicted octanol–water partition coefficient (Wildman–Crippen LogP) is 0.682. The lowest BCUT2D eigenvalue weighted by atomic mass is 10.2. The van der Waals surface area contributed by atoms with E-state index in [2.05, 4.69) is 10.2 Å². The molecule has 0 spiro atoms. The lowest BCUT2D eigenvalue weighted by Gasteiger charge is -2.35. The quantitative estimate of drug-likeness (QED) is 0.755. The van der Waals surface area contributed by atoms with Crippen LogP contribution in [-0.2, 0) is 4.79 Å². The van der Waals surface area contributed by atoms with Gasteiger partial charge in [0.2, 0.25) is 0 Å². The van der Waals surface area contributed by atoms with Crippen molar-refractivity contribution in [1.29, 1.82) is 0 Å². The summed E-state index contributed by atoms with van der Waals surface area (Å²) in [5, 5.41) is 11.8. The molecule has 114 valence electrons. The third kappa shape index (κ3) is 4.28. The first-order valence-electron chi connectivity index (χ1n) is 7.13. The van der Waals surface area contributed by atoms with Crippen LogP contribution in [0.15, 0.2) is 0 Å². The molecule has 1 heterocycles. The minimum atomic E-state index is -0.955. The van der Waals surface area contributed by atoms with E-state index in [4.69, 9.17) is 5.11 Å². The molecular weight excluding hydrogens is 278 g/mol. The maximum absolute atomic E-state index is 12.1. The summed E-state index contributed by atoms with van der Waals surface area (Å²) in [6.07, 6.45) is 4.95. The van der Waals surface area contributed by atoms with Gasteiger partial charge in [0, 0.05) is 32.2 Å². The fourth-order valence-corrected chi connectivity index (χ4v) is 2.93. The van der Waals surface area contributed by atoms with Crippen LogP contribution in [-0.4, -0.2) is 77.2 Å². The van der Waals surface area contributed by atoms with E-state index in [1.807, 2.05) is 6.26 Å². The van der Waals surface area contributed by atoms with Gasteiger partial charge in [-0.25, -0.2) is 9.59 Å². The number of hydrogen-bond donors (Lipinski definition) is 2. The summed E-state index contributed by atoms with van der Waals surface area (Å²) in [4.78, 5) is 27.4. The van der Waals surface area contributed by atoms with Crippen molar-refractivity contribution in [3.8, 4) is 0 Å². The number of amides is 2. The van der Waals surface area contributed by atoms with Crippen LogP contribution < -0.4 is 5.32 Å². The van der Waals surface area contributed by atoms with Crippen molar-refractivity contribution in [2.24, 2.45) is 0 Å². The van der Waals surface area contributed by atoms with Crippen LogP contribution in [0, 0.1) is 0 Å². The molecule has 7 heteroatoms. The van der Waals surface area contributed by atoms with Crippen molar-refractivity contribution in [3.05, 3.63) is 0 Å². The van der Waals surface area contributed by atoms with E-state index in [9.17, 15) is 9.59 Å². The van der Waals surface area contributed by atoms with Crippen LogP contribution in [0.1, 0.15) is 19.3 Å². The average Bonchev–Trinajstić information content (AvgIpc) is 3.27. The number of urea groups is 1. The zero-order chi connectivity index (χ0) is 14.5. The molecule has 2 fully saturated rings. The summed E-state index contributed by atoms with van der Waals surface area (Å²) in [6, 6.07) is -0.293. The first-order chi connectivity index (χ1) is 9.61. The molecule has 0 aromatic carbocycles. The van der Waals surface area contributed by atoms with E-state index in [0.29, 0.717) is 19.5 Å². The number of nitrogens with zero attached hydrogens (tertiary/aromatic N) is 2. The van der Waals surface area contributed by atoms with Crippen molar-refractivity contribution in [2.75, 3.05) is 38.2 Å². The van der Waals surface area contributed by atoms with Gasteiger partial charge in [0.25, 0.3) is 0 Å². The van der Waals surface area contributed by atoms with Gasteiger partial charge in [0.05, 0.1) is 0 Å². The molecule has 2 N–H and O–H groups in total. The lowest BCUT2D eigenvalue weighted by Crippen LogP contribution is -2.55. The van der Waals surface area contributed by atoms with Crippen molar-refractivity contribution in [3.63, 3.8) is 0 Å². The number of hydrogen-bond acceptors (Lipinski definition) is 4. The first-order valence-corrected chi connectivity index (χ1v) is 8.52. The highest BCUT2D eigenvalue weighted by atomic mass is 32.2. The van der Waals surface area contributed by atoms with Crippen LogP contribution in [0.5, 0.6) is 0 Å². The predicted molar refractivity (Wildman–Crippen MR) is 79.1 cm³/mol. The number of carbonyl (C=O) groups is 2. The monoisotopic (exact) mass is 301 g/mol. The molecule has 0 unspecified atom stereocenters. The third-order valence-electron chi connectivity index (χ3n) is 3.87. The molecule has 6 nitrogen and oxygen atoms in total. The summed E-state index contributed by atoms with van der Waals surface area (Å²) in [5.41, 5.74) is 0. The van der Waals surface area contributed by atoms with Gasteiger partial charge in [-0.3, -0.25) is 4.90 Å². The normalized spacial score (nSPS) is 21.6. The Balaban J connectivity index is 1.76. The maximum Gasteiger partial charge on any atom is 0.326 e. The summed E-state index contributed by atoms with van der Waals surface area (Å²) < 4.78 is 0. The topological polar surface area (TPSA) is 72.9 Å². The Bertz CT molecular complexity index is 355. The van der Waals surface area contributed by atoms with Gasteiger partial charge in [0.1, 0.15) is 6.04 Å². The largest absolute Gasteiger partial charge is 0.480 e. The Morgan fingerprint density at radius 3 is 2.45 bits per heavy atom. The second kappa shape index (κ2) is 7.17. The van der Waals surface area contributed by atoms with Gasteiger partial charge in [0.15, 0.2) is 0 Å². The van der Waals surface area contributed by atoms with Gasteiger partial charge in [-0.1, -0.05) is 0 Å². The minimum absolute atomic E-state index is 0.242. The number of carbonyl (C=O) groups excluding carboxylic acids is 1. The first kappa shape index (κ1) is 15.4. The van der Waals surface area contributed by atoms with Gasteiger partial charge in [-0.05, 0) is 31.3 Å². The van der Waals surface area contributed by atoms with Crippen molar-refractivity contribution in [2.45, 2.75) is 31.3 Å². The Kier molecular flexibility index (Phi) is 5.54. The van der Waals surface area contributed by atoms with E-state index < -0.39 is 12.0 Å². The highest BCUT2D eigenvalue weighted by molar-refractivity contribution is 7.98. The number of nitrogens with one attached hydrogen (secondary N) is 1. The number of carboxylic acids is 1. The molecule has 2 aliphatic rings. The molecule has 1 aliphatic carbocycles. The van der Waals surface area contributed by atoms with E-state index in [-0.39, 0.29) is 6.03 Å². The molecular formula is C13H23N3O3S. The molecule has 0 aromatic rings. The van der Waals surface area contributed by atoms with Crippen molar-refractivity contribution in [1.82, 2.24) is 15.1 Å². The second-order valence-corrected chi connectivity index (χ2v) is 6.36. The molecule has 0 bridgehead atoms. The molecule has 2 amide bonds. The molecule has 0 aromatic heterocycles. The van der Waals surface area contributed by atoms with Crippen LogP contribution in [0.25, 0.3) is 0 Å². The Morgan fingerprint density at radius 1 is 1.30 bits per heavy atom. The van der Waals surface area contributed by atoms with Gasteiger partial charge in [-0.2, -0.15) is 11.8 Å². The van der Waals surface area contributed by atoms with Crippen molar-refractivity contribution < 1.29 is 14.7 Å². The highest BCUT2D eigenvalue weighted by Crippen LogP contribution is 2.27. The number of thioether (sulfide) groups is 1. The second-order valence-electron chi connectivity index (χ2n) is 5.38. The lowest BCUT2D eigenvalue weighted by molar-refractivity contribution is -0.139.